The van der Waals surface area contributed by atoms with Crippen LogP contribution in [0.4, 0.5) is 0 Å². The molecule has 1 rings (SSSR count). The first-order valence-electron chi connectivity index (χ1n) is 10.6. The number of hydrogen-bond donors (Lipinski definition) is 1. The Morgan fingerprint density at radius 1 is 0.808 bits per heavy atom. The lowest BCUT2D eigenvalue weighted by Gasteiger charge is -2.06. The van der Waals surface area contributed by atoms with Gasteiger partial charge in [0.25, 0.3) is 0 Å². The van der Waals surface area contributed by atoms with Crippen LogP contribution in [0.1, 0.15) is 95.1 Å². The zero-order valence-corrected chi connectivity index (χ0v) is 16.7. The number of hydrogen-bond acceptors (Lipinski definition) is 2. The van der Waals surface area contributed by atoms with Crippen LogP contribution in [0, 0.1) is 0 Å². The fourth-order valence-corrected chi connectivity index (χ4v) is 3.11. The van der Waals surface area contributed by atoms with E-state index in [9.17, 15) is 4.79 Å². The number of aliphatic carboxylic acids is 1. The van der Waals surface area contributed by atoms with Gasteiger partial charge in [0.05, 0.1) is 6.61 Å². The van der Waals surface area contributed by atoms with Crippen LogP contribution in [-0.2, 0) is 22.6 Å². The van der Waals surface area contributed by atoms with Crippen LogP contribution in [0.5, 0.6) is 0 Å². The number of carboxylic acids is 1. The molecule has 0 saturated carbocycles. The van der Waals surface area contributed by atoms with Gasteiger partial charge in [0, 0.05) is 13.0 Å². The van der Waals surface area contributed by atoms with Gasteiger partial charge in [-0.25, -0.2) is 0 Å². The van der Waals surface area contributed by atoms with E-state index in [4.69, 9.17) is 9.84 Å². The molecule has 0 bridgehead atoms. The number of aryl methyl sites for hydroxylation is 1. The molecule has 0 spiro atoms. The molecule has 1 aromatic carbocycles. The van der Waals surface area contributed by atoms with Gasteiger partial charge in [0.15, 0.2) is 0 Å². The van der Waals surface area contributed by atoms with Crippen LogP contribution >= 0.6 is 0 Å². The third kappa shape index (κ3) is 12.9. The highest BCUT2D eigenvalue weighted by molar-refractivity contribution is 5.67. The summed E-state index contributed by atoms with van der Waals surface area (Å²) in [4.78, 5) is 10.6. The van der Waals surface area contributed by atoms with Gasteiger partial charge in [-0.3, -0.25) is 4.79 Å². The van der Waals surface area contributed by atoms with Gasteiger partial charge in [-0.1, -0.05) is 95.4 Å². The van der Waals surface area contributed by atoms with Crippen molar-refractivity contribution in [2.75, 3.05) is 6.61 Å². The molecule has 3 nitrogen and oxygen atoms in total. The van der Waals surface area contributed by atoms with Crippen LogP contribution in [0.15, 0.2) is 24.3 Å². The Bertz CT molecular complexity index is 453. The van der Waals surface area contributed by atoms with E-state index >= 15 is 0 Å². The number of rotatable bonds is 17. The normalized spacial score (nSPS) is 11.0. The smallest absolute Gasteiger partial charge is 0.303 e. The van der Waals surface area contributed by atoms with Crippen molar-refractivity contribution in [1.82, 2.24) is 0 Å². The third-order valence-electron chi connectivity index (χ3n) is 4.81. The first-order valence-corrected chi connectivity index (χ1v) is 10.6. The molecule has 0 heterocycles. The Morgan fingerprint density at radius 3 is 1.85 bits per heavy atom. The van der Waals surface area contributed by atoms with Gasteiger partial charge < -0.3 is 9.84 Å². The van der Waals surface area contributed by atoms with Gasteiger partial charge >= 0.3 is 5.97 Å². The van der Waals surface area contributed by atoms with E-state index in [1.165, 1.54) is 64.2 Å². The maximum absolute atomic E-state index is 10.6. The Balaban J connectivity index is 1.90. The van der Waals surface area contributed by atoms with Gasteiger partial charge in [0.1, 0.15) is 0 Å². The molecule has 0 saturated heterocycles. The molecule has 1 N–H and O–H groups in total. The number of benzene rings is 1. The van der Waals surface area contributed by atoms with Crippen LogP contribution in [-0.4, -0.2) is 17.7 Å². The summed E-state index contributed by atoms with van der Waals surface area (Å²) >= 11 is 0. The quantitative estimate of drug-likeness (QED) is 0.320. The van der Waals surface area contributed by atoms with Crippen molar-refractivity contribution in [3.05, 3.63) is 35.4 Å². The molecule has 0 atom stereocenters. The summed E-state index contributed by atoms with van der Waals surface area (Å²) in [7, 11) is 0. The highest BCUT2D eigenvalue weighted by atomic mass is 16.5. The summed E-state index contributed by atoms with van der Waals surface area (Å²) in [5.41, 5.74) is 2.23. The molecular formula is C23H38O3. The van der Waals surface area contributed by atoms with Crippen molar-refractivity contribution in [3.8, 4) is 0 Å². The summed E-state index contributed by atoms with van der Waals surface area (Å²) in [6, 6.07) is 8.09. The summed E-state index contributed by atoms with van der Waals surface area (Å²) in [6.07, 6.45) is 15.7. The van der Waals surface area contributed by atoms with Crippen LogP contribution in [0.2, 0.25) is 0 Å². The molecule has 0 fully saturated rings. The topological polar surface area (TPSA) is 46.5 Å². The zero-order valence-electron chi connectivity index (χ0n) is 16.7. The Kier molecular flexibility index (Phi) is 13.8. The van der Waals surface area contributed by atoms with Crippen molar-refractivity contribution < 1.29 is 14.6 Å². The molecule has 0 amide bonds. The Morgan fingerprint density at radius 2 is 1.31 bits per heavy atom. The maximum Gasteiger partial charge on any atom is 0.303 e. The van der Waals surface area contributed by atoms with Crippen molar-refractivity contribution >= 4 is 5.97 Å². The van der Waals surface area contributed by atoms with Crippen LogP contribution in [0.3, 0.4) is 0 Å². The minimum atomic E-state index is -0.746. The van der Waals surface area contributed by atoms with Crippen molar-refractivity contribution in [2.24, 2.45) is 0 Å². The molecule has 148 valence electrons. The van der Waals surface area contributed by atoms with Crippen molar-refractivity contribution in [1.29, 1.82) is 0 Å². The zero-order chi connectivity index (χ0) is 18.9. The van der Waals surface area contributed by atoms with E-state index in [2.05, 4.69) is 6.92 Å². The summed E-state index contributed by atoms with van der Waals surface area (Å²) in [5, 5.41) is 8.70. The maximum atomic E-state index is 10.6. The minimum absolute atomic E-state index is 0.189. The SMILES string of the molecule is CCCCCCCCCCCCCOCc1ccc(CCC(=O)O)cc1. The fourth-order valence-electron chi connectivity index (χ4n) is 3.11. The standard InChI is InChI=1S/C23H38O3/c1-2-3-4-5-6-7-8-9-10-11-12-19-26-20-22-15-13-21(14-16-22)17-18-23(24)25/h13-16H,2-12,17-20H2,1H3,(H,24,25). The number of ether oxygens (including phenoxy) is 1. The molecule has 0 radical (unpaired) electrons. The summed E-state index contributed by atoms with van der Waals surface area (Å²) < 4.78 is 5.75. The number of carbonyl (C=O) groups is 1. The highest BCUT2D eigenvalue weighted by Crippen LogP contribution is 2.12. The Hall–Kier alpha value is -1.35. The lowest BCUT2D eigenvalue weighted by Crippen LogP contribution is -1.98. The second kappa shape index (κ2) is 15.9. The molecule has 26 heavy (non-hydrogen) atoms. The highest BCUT2D eigenvalue weighted by Gasteiger charge is 2.00. The lowest BCUT2D eigenvalue weighted by molar-refractivity contribution is -0.136. The van der Waals surface area contributed by atoms with E-state index in [1.54, 1.807) is 0 Å². The van der Waals surface area contributed by atoms with E-state index in [0.717, 1.165) is 24.2 Å². The molecule has 3 heteroatoms. The number of carboxylic acid groups (broad SMARTS) is 1. The second-order valence-corrected chi connectivity index (χ2v) is 7.30. The predicted molar refractivity (Wildman–Crippen MR) is 109 cm³/mol. The van der Waals surface area contributed by atoms with Gasteiger partial charge in [-0.15, -0.1) is 0 Å². The lowest BCUT2D eigenvalue weighted by atomic mass is 10.1. The Labute approximate surface area is 160 Å². The van der Waals surface area contributed by atoms with Crippen molar-refractivity contribution in [2.45, 2.75) is 97.0 Å². The molecule has 0 aliphatic rings. The predicted octanol–water partition coefficient (Wildman–Crippen LogP) is 6.53. The molecule has 0 aliphatic heterocycles. The average molecular weight is 363 g/mol. The average Bonchev–Trinajstić information content (AvgIpc) is 2.64. The molecule has 1 aromatic rings. The minimum Gasteiger partial charge on any atom is -0.481 e. The summed E-state index contributed by atoms with van der Waals surface area (Å²) in [6.45, 7) is 3.75. The van der Waals surface area contributed by atoms with Gasteiger partial charge in [0.2, 0.25) is 0 Å². The third-order valence-corrected chi connectivity index (χ3v) is 4.81. The van der Waals surface area contributed by atoms with Crippen LogP contribution < -0.4 is 0 Å². The van der Waals surface area contributed by atoms with Crippen molar-refractivity contribution in [3.63, 3.8) is 0 Å². The molecule has 0 unspecified atom stereocenters. The first-order chi connectivity index (χ1) is 12.7. The molecule has 0 aromatic heterocycles. The van der Waals surface area contributed by atoms with E-state index in [-0.39, 0.29) is 6.42 Å². The van der Waals surface area contributed by atoms with Gasteiger partial charge in [-0.05, 0) is 24.0 Å². The first kappa shape index (κ1) is 22.7. The largest absolute Gasteiger partial charge is 0.481 e. The summed E-state index contributed by atoms with van der Waals surface area (Å²) in [5.74, 6) is -0.746. The molecular weight excluding hydrogens is 324 g/mol. The molecule has 0 aliphatic carbocycles. The van der Waals surface area contributed by atoms with E-state index in [1.807, 2.05) is 24.3 Å². The number of unbranched alkanes of at least 4 members (excludes halogenated alkanes) is 10. The second-order valence-electron chi connectivity index (χ2n) is 7.30. The monoisotopic (exact) mass is 362 g/mol. The fraction of sp³-hybridized carbons (Fsp3) is 0.696. The van der Waals surface area contributed by atoms with Gasteiger partial charge in [-0.2, -0.15) is 0 Å². The van der Waals surface area contributed by atoms with Crippen LogP contribution in [0.25, 0.3) is 0 Å². The van der Waals surface area contributed by atoms with E-state index in [0.29, 0.717) is 13.0 Å². The van der Waals surface area contributed by atoms with E-state index < -0.39 is 5.97 Å².